The highest BCUT2D eigenvalue weighted by molar-refractivity contribution is 5.77. The molecule has 0 aliphatic heterocycles. The first-order valence-electron chi connectivity index (χ1n) is 16.4. The fourth-order valence-electron chi connectivity index (χ4n) is 4.13. The number of carbonyl (C=O) groups is 3. The molecule has 0 fully saturated rings. The van der Waals surface area contributed by atoms with Crippen LogP contribution in [-0.4, -0.2) is 43.1 Å². The van der Waals surface area contributed by atoms with Gasteiger partial charge < -0.3 is 20.7 Å². The van der Waals surface area contributed by atoms with Crippen molar-refractivity contribution >= 4 is 17.9 Å². The van der Waals surface area contributed by atoms with Gasteiger partial charge in [-0.3, -0.25) is 9.59 Å². The van der Waals surface area contributed by atoms with Crippen LogP contribution in [0.25, 0.3) is 0 Å². The van der Waals surface area contributed by atoms with Crippen molar-refractivity contribution in [3.63, 3.8) is 0 Å². The number of rotatable bonds is 23. The molecule has 0 saturated heterocycles. The summed E-state index contributed by atoms with van der Waals surface area (Å²) >= 11 is 0. The van der Waals surface area contributed by atoms with Crippen LogP contribution in [0.3, 0.4) is 0 Å². The Morgan fingerprint density at radius 2 is 1.11 bits per heavy atom. The normalized spacial score (nSPS) is 13.3. The van der Waals surface area contributed by atoms with Crippen LogP contribution in [0.4, 0.5) is 4.79 Å². The minimum Gasteiger partial charge on any atom is -0.444 e. The van der Waals surface area contributed by atoms with E-state index in [0.717, 1.165) is 44.9 Å². The molecule has 0 aromatic carbocycles. The van der Waals surface area contributed by atoms with E-state index < -0.39 is 11.7 Å². The maximum absolute atomic E-state index is 12.4. The standard InChI is InChI=1S/C37H61N3O4/c1-7-8-9-10-11-12-13-14-15-16-17-18-19-20-21-22-23-24-25-26-34(41)38-27-28-39-35(42)30-33(29-32(2)3)31-40-36(43)44-37(4,5)6/h8-9,11-12,14-15,17-18,20-21,23-24,32-33H,7,10,13,16,19,22,25-31H2,1-6H3,(H,38,41)(H,39,42)(H,40,43). The Bertz CT molecular complexity index is 952. The highest BCUT2D eigenvalue weighted by Gasteiger charge is 2.20. The Balaban J connectivity index is 3.95. The first-order valence-corrected chi connectivity index (χ1v) is 16.4. The summed E-state index contributed by atoms with van der Waals surface area (Å²) in [5.74, 6) is 0.291. The largest absolute Gasteiger partial charge is 0.444 e. The van der Waals surface area contributed by atoms with Crippen LogP contribution < -0.4 is 16.0 Å². The number of alkyl carbamates (subject to hydrolysis) is 1. The van der Waals surface area contributed by atoms with E-state index in [-0.39, 0.29) is 17.7 Å². The fraction of sp³-hybridized carbons (Fsp3) is 0.595. The average Bonchev–Trinajstić information content (AvgIpc) is 2.94. The van der Waals surface area contributed by atoms with Crippen LogP contribution in [0.15, 0.2) is 72.9 Å². The molecule has 7 nitrogen and oxygen atoms in total. The van der Waals surface area contributed by atoms with Gasteiger partial charge in [-0.2, -0.15) is 0 Å². The molecule has 0 rings (SSSR count). The summed E-state index contributed by atoms with van der Waals surface area (Å²) in [7, 11) is 0. The molecule has 3 amide bonds. The smallest absolute Gasteiger partial charge is 0.407 e. The maximum Gasteiger partial charge on any atom is 0.407 e. The molecule has 0 radical (unpaired) electrons. The summed E-state index contributed by atoms with van der Waals surface area (Å²) in [6.45, 7) is 12.9. The van der Waals surface area contributed by atoms with Crippen molar-refractivity contribution in [2.24, 2.45) is 11.8 Å². The van der Waals surface area contributed by atoms with Gasteiger partial charge in [-0.25, -0.2) is 4.79 Å². The predicted molar refractivity (Wildman–Crippen MR) is 185 cm³/mol. The Kier molecular flexibility index (Phi) is 25.1. The van der Waals surface area contributed by atoms with Crippen molar-refractivity contribution in [2.45, 2.75) is 111 Å². The van der Waals surface area contributed by atoms with E-state index in [0.29, 0.717) is 44.8 Å². The topological polar surface area (TPSA) is 96.5 Å². The quantitative estimate of drug-likeness (QED) is 0.0800. The summed E-state index contributed by atoms with van der Waals surface area (Å²) in [4.78, 5) is 36.5. The number of carbonyl (C=O) groups excluding carboxylic acids is 3. The minimum absolute atomic E-state index is 0.0125. The first-order chi connectivity index (χ1) is 21.0. The van der Waals surface area contributed by atoms with E-state index in [2.05, 4.69) is 104 Å². The number of amides is 3. The number of ether oxygens (including phenoxy) is 1. The van der Waals surface area contributed by atoms with E-state index in [4.69, 9.17) is 4.74 Å². The third kappa shape index (κ3) is 30.1. The molecule has 0 bridgehead atoms. The predicted octanol–water partition coefficient (Wildman–Crippen LogP) is 8.27. The first kappa shape index (κ1) is 40.6. The Labute approximate surface area is 268 Å². The summed E-state index contributed by atoms with van der Waals surface area (Å²) in [5, 5.41) is 8.49. The molecule has 248 valence electrons. The van der Waals surface area contributed by atoms with Gasteiger partial charge >= 0.3 is 6.09 Å². The lowest BCUT2D eigenvalue weighted by Gasteiger charge is -2.22. The van der Waals surface area contributed by atoms with Crippen LogP contribution in [0.5, 0.6) is 0 Å². The zero-order chi connectivity index (χ0) is 32.9. The van der Waals surface area contributed by atoms with Crippen LogP contribution >= 0.6 is 0 Å². The van der Waals surface area contributed by atoms with Gasteiger partial charge in [-0.15, -0.1) is 0 Å². The van der Waals surface area contributed by atoms with Crippen LogP contribution in [-0.2, 0) is 14.3 Å². The van der Waals surface area contributed by atoms with Crippen molar-refractivity contribution in [1.82, 2.24) is 16.0 Å². The number of hydrogen-bond acceptors (Lipinski definition) is 4. The molecule has 1 unspecified atom stereocenters. The molecule has 0 aliphatic carbocycles. The summed E-state index contributed by atoms with van der Waals surface area (Å²) < 4.78 is 5.29. The number of allylic oxidation sites excluding steroid dienone is 12. The van der Waals surface area contributed by atoms with Gasteiger partial charge in [0.25, 0.3) is 0 Å². The Morgan fingerprint density at radius 3 is 1.57 bits per heavy atom. The van der Waals surface area contributed by atoms with Crippen molar-refractivity contribution in [3.8, 4) is 0 Å². The molecule has 0 spiro atoms. The van der Waals surface area contributed by atoms with E-state index in [1.54, 1.807) is 0 Å². The van der Waals surface area contributed by atoms with Gasteiger partial charge in [-0.05, 0) is 84.0 Å². The third-order valence-corrected chi connectivity index (χ3v) is 6.12. The molecular weight excluding hydrogens is 550 g/mol. The summed E-state index contributed by atoms with van der Waals surface area (Å²) in [5.41, 5.74) is -0.563. The SMILES string of the molecule is CCC=CCC=CCC=CCC=CCC=CCC=CCCC(=O)NCCNC(=O)CC(CNC(=O)OC(C)(C)C)CC(C)C. The molecule has 0 saturated carbocycles. The second-order valence-corrected chi connectivity index (χ2v) is 12.2. The highest BCUT2D eigenvalue weighted by Crippen LogP contribution is 2.15. The number of hydrogen-bond donors (Lipinski definition) is 3. The van der Waals surface area contributed by atoms with Crippen LogP contribution in [0.1, 0.15) is 106 Å². The molecule has 0 aliphatic rings. The molecule has 3 N–H and O–H groups in total. The molecule has 1 atom stereocenters. The zero-order valence-corrected chi connectivity index (χ0v) is 28.4. The molecule has 44 heavy (non-hydrogen) atoms. The maximum atomic E-state index is 12.4. The molecule has 0 aromatic heterocycles. The minimum atomic E-state index is -0.563. The fourth-order valence-corrected chi connectivity index (χ4v) is 4.13. The second kappa shape index (κ2) is 27.2. The second-order valence-electron chi connectivity index (χ2n) is 12.2. The van der Waals surface area contributed by atoms with Crippen LogP contribution in [0.2, 0.25) is 0 Å². The molecule has 0 heterocycles. The van der Waals surface area contributed by atoms with Crippen molar-refractivity contribution in [1.29, 1.82) is 0 Å². The van der Waals surface area contributed by atoms with Gasteiger partial charge in [0.15, 0.2) is 0 Å². The van der Waals surface area contributed by atoms with Crippen LogP contribution in [0, 0.1) is 11.8 Å². The third-order valence-electron chi connectivity index (χ3n) is 6.12. The van der Waals surface area contributed by atoms with E-state index in [1.807, 2.05) is 26.8 Å². The van der Waals surface area contributed by atoms with E-state index in [9.17, 15) is 14.4 Å². The highest BCUT2D eigenvalue weighted by atomic mass is 16.6. The van der Waals surface area contributed by atoms with Crippen molar-refractivity contribution in [3.05, 3.63) is 72.9 Å². The van der Waals surface area contributed by atoms with E-state index >= 15 is 0 Å². The monoisotopic (exact) mass is 611 g/mol. The van der Waals surface area contributed by atoms with Gasteiger partial charge in [0, 0.05) is 32.5 Å². The summed E-state index contributed by atoms with van der Waals surface area (Å²) in [6, 6.07) is 0. The van der Waals surface area contributed by atoms with Crippen molar-refractivity contribution in [2.75, 3.05) is 19.6 Å². The molecule has 0 aromatic rings. The van der Waals surface area contributed by atoms with Gasteiger partial charge in [0.1, 0.15) is 5.60 Å². The van der Waals surface area contributed by atoms with Gasteiger partial charge in [0.2, 0.25) is 11.8 Å². The average molecular weight is 612 g/mol. The lowest BCUT2D eigenvalue weighted by molar-refractivity contribution is -0.123. The number of nitrogens with one attached hydrogen (secondary N) is 3. The van der Waals surface area contributed by atoms with E-state index in [1.165, 1.54) is 0 Å². The lowest BCUT2D eigenvalue weighted by Crippen LogP contribution is -2.38. The van der Waals surface area contributed by atoms with Gasteiger partial charge in [0.05, 0.1) is 0 Å². The zero-order valence-electron chi connectivity index (χ0n) is 28.4. The van der Waals surface area contributed by atoms with Gasteiger partial charge in [-0.1, -0.05) is 93.7 Å². The van der Waals surface area contributed by atoms with Crippen molar-refractivity contribution < 1.29 is 19.1 Å². The molecule has 7 heteroatoms. The Hall–Kier alpha value is -3.35. The lowest BCUT2D eigenvalue weighted by atomic mass is 9.94. The Morgan fingerprint density at radius 1 is 0.659 bits per heavy atom. The molecular formula is C37H61N3O4. The summed E-state index contributed by atoms with van der Waals surface area (Å²) in [6.07, 6.45) is 33.5.